The van der Waals surface area contributed by atoms with E-state index >= 15 is 0 Å². The fourth-order valence-electron chi connectivity index (χ4n) is 4.37. The molecule has 0 unspecified atom stereocenters. The van der Waals surface area contributed by atoms with Crippen LogP contribution in [0.1, 0.15) is 29.5 Å². The maximum Gasteiger partial charge on any atom is 0.243 e. The van der Waals surface area contributed by atoms with Gasteiger partial charge < -0.3 is 10.1 Å². The van der Waals surface area contributed by atoms with Gasteiger partial charge in [-0.3, -0.25) is 9.69 Å². The Morgan fingerprint density at radius 1 is 1.07 bits per heavy atom. The highest BCUT2D eigenvalue weighted by Gasteiger charge is 2.33. The Hall–Kier alpha value is -1.48. The number of hydrogen-bond acceptors (Lipinski definition) is 5. The molecule has 0 aliphatic carbocycles. The number of carbonyl (C=O) groups is 1. The molecule has 7 nitrogen and oxygen atoms in total. The van der Waals surface area contributed by atoms with Crippen LogP contribution in [0.2, 0.25) is 0 Å². The average molecular weight is 424 g/mol. The van der Waals surface area contributed by atoms with Crippen LogP contribution in [-0.2, 0) is 19.6 Å². The molecule has 1 aromatic carbocycles. The van der Waals surface area contributed by atoms with Gasteiger partial charge in [-0.05, 0) is 44.7 Å². The maximum absolute atomic E-state index is 13.2. The second-order valence-electron chi connectivity index (χ2n) is 8.15. The number of carbonyl (C=O) groups excluding carboxylic acids is 1. The monoisotopic (exact) mass is 423 g/mol. The molecule has 2 fully saturated rings. The average Bonchev–Trinajstić information content (AvgIpc) is 2.68. The number of nitrogens with zero attached hydrogens (tertiary/aromatic N) is 2. The largest absolute Gasteiger partial charge is 0.379 e. The number of piperidine rings is 1. The minimum absolute atomic E-state index is 0.0398. The summed E-state index contributed by atoms with van der Waals surface area (Å²) in [5.74, 6) is -0.0793. The smallest absolute Gasteiger partial charge is 0.243 e. The highest BCUT2D eigenvalue weighted by Crippen LogP contribution is 2.28. The summed E-state index contributed by atoms with van der Waals surface area (Å²) in [7, 11) is -3.54. The topological polar surface area (TPSA) is 79.0 Å². The van der Waals surface area contributed by atoms with Crippen LogP contribution in [0, 0.1) is 26.7 Å². The Bertz CT molecular complexity index is 803. The molecule has 3 rings (SSSR count). The number of aryl methyl sites for hydroxylation is 3. The lowest BCUT2D eigenvalue weighted by atomic mass is 9.97. The van der Waals surface area contributed by atoms with E-state index in [9.17, 15) is 13.2 Å². The fourth-order valence-corrected chi connectivity index (χ4v) is 6.25. The predicted molar refractivity (Wildman–Crippen MR) is 112 cm³/mol. The van der Waals surface area contributed by atoms with E-state index in [-0.39, 0.29) is 11.8 Å². The molecule has 1 aromatic rings. The Kier molecular flexibility index (Phi) is 7.32. The van der Waals surface area contributed by atoms with Crippen molar-refractivity contribution in [2.45, 2.75) is 38.5 Å². The first-order valence-electron chi connectivity index (χ1n) is 10.4. The van der Waals surface area contributed by atoms with Crippen LogP contribution in [0.5, 0.6) is 0 Å². The van der Waals surface area contributed by atoms with Crippen LogP contribution in [0.3, 0.4) is 0 Å². The van der Waals surface area contributed by atoms with E-state index in [1.165, 1.54) is 4.31 Å². The van der Waals surface area contributed by atoms with Gasteiger partial charge in [0.2, 0.25) is 15.9 Å². The minimum atomic E-state index is -3.54. The van der Waals surface area contributed by atoms with Crippen molar-refractivity contribution in [3.63, 3.8) is 0 Å². The third-order valence-electron chi connectivity index (χ3n) is 5.86. The molecular weight excluding hydrogens is 390 g/mol. The van der Waals surface area contributed by atoms with E-state index in [0.29, 0.717) is 37.4 Å². The molecule has 29 heavy (non-hydrogen) atoms. The molecule has 2 aliphatic rings. The molecule has 2 heterocycles. The number of morpholine rings is 1. The summed E-state index contributed by atoms with van der Waals surface area (Å²) in [6.45, 7) is 11.2. The van der Waals surface area contributed by atoms with E-state index in [1.54, 1.807) is 0 Å². The lowest BCUT2D eigenvalue weighted by molar-refractivity contribution is -0.126. The number of sulfonamides is 1. The van der Waals surface area contributed by atoms with E-state index in [4.69, 9.17) is 4.74 Å². The van der Waals surface area contributed by atoms with Crippen LogP contribution in [0.4, 0.5) is 0 Å². The standard InChI is InChI=1S/C21H33N3O4S/c1-16-14-17(2)20(18(3)15-16)29(26,27)24-7-4-19(5-8-24)21(25)22-6-9-23-10-12-28-13-11-23/h14-15,19H,4-13H2,1-3H3,(H,22,25). The number of ether oxygens (including phenoxy) is 1. The van der Waals surface area contributed by atoms with Gasteiger partial charge in [-0.1, -0.05) is 17.7 Å². The van der Waals surface area contributed by atoms with Crippen LogP contribution in [-0.4, -0.2) is 76.0 Å². The summed E-state index contributed by atoms with van der Waals surface area (Å²) in [6, 6.07) is 3.82. The van der Waals surface area contributed by atoms with Crippen molar-refractivity contribution < 1.29 is 17.9 Å². The second-order valence-corrected chi connectivity index (χ2v) is 10.0. The first kappa shape index (κ1) is 22.2. The van der Waals surface area contributed by atoms with Gasteiger partial charge in [0.05, 0.1) is 18.1 Å². The predicted octanol–water partition coefficient (Wildman–Crippen LogP) is 1.46. The molecule has 162 valence electrons. The molecule has 0 radical (unpaired) electrons. The number of hydrogen-bond donors (Lipinski definition) is 1. The molecule has 1 amide bonds. The lowest BCUT2D eigenvalue weighted by Crippen LogP contribution is -2.45. The molecule has 0 saturated carbocycles. The van der Waals surface area contributed by atoms with Gasteiger partial charge in [0.1, 0.15) is 0 Å². The Balaban J connectivity index is 1.52. The van der Waals surface area contributed by atoms with Gasteiger partial charge in [0.15, 0.2) is 0 Å². The number of rotatable bonds is 6. The Morgan fingerprint density at radius 2 is 1.66 bits per heavy atom. The first-order chi connectivity index (χ1) is 13.8. The summed E-state index contributed by atoms with van der Waals surface area (Å²) >= 11 is 0. The molecule has 0 bridgehead atoms. The Morgan fingerprint density at radius 3 is 2.24 bits per heavy atom. The lowest BCUT2D eigenvalue weighted by Gasteiger charge is -2.32. The van der Waals surface area contributed by atoms with Crippen LogP contribution in [0.15, 0.2) is 17.0 Å². The zero-order valence-corrected chi connectivity index (χ0v) is 18.6. The van der Waals surface area contributed by atoms with Gasteiger partial charge >= 0.3 is 0 Å². The summed E-state index contributed by atoms with van der Waals surface area (Å²) in [5.41, 5.74) is 2.63. The van der Waals surface area contributed by atoms with Gasteiger partial charge in [0.25, 0.3) is 0 Å². The number of benzene rings is 1. The summed E-state index contributed by atoms with van der Waals surface area (Å²) in [5, 5.41) is 3.02. The SMILES string of the molecule is Cc1cc(C)c(S(=O)(=O)N2CCC(C(=O)NCCN3CCOCC3)CC2)c(C)c1. The maximum atomic E-state index is 13.2. The van der Waals surface area contributed by atoms with Gasteiger partial charge in [-0.15, -0.1) is 0 Å². The summed E-state index contributed by atoms with van der Waals surface area (Å²) < 4.78 is 33.2. The van der Waals surface area contributed by atoms with Crippen molar-refractivity contribution >= 4 is 15.9 Å². The van der Waals surface area contributed by atoms with E-state index in [2.05, 4.69) is 10.2 Å². The summed E-state index contributed by atoms with van der Waals surface area (Å²) in [4.78, 5) is 15.2. The summed E-state index contributed by atoms with van der Waals surface area (Å²) in [6.07, 6.45) is 1.12. The normalized spacial score (nSPS) is 20.0. The first-order valence-corrected chi connectivity index (χ1v) is 11.9. The molecular formula is C21H33N3O4S. The zero-order chi connectivity index (χ0) is 21.0. The van der Waals surface area contributed by atoms with Crippen LogP contribution >= 0.6 is 0 Å². The van der Waals surface area contributed by atoms with Crippen LogP contribution < -0.4 is 5.32 Å². The molecule has 2 saturated heterocycles. The zero-order valence-electron chi connectivity index (χ0n) is 17.7. The highest BCUT2D eigenvalue weighted by atomic mass is 32.2. The minimum Gasteiger partial charge on any atom is -0.379 e. The van der Waals surface area contributed by atoms with Crippen molar-refractivity contribution in [1.29, 1.82) is 0 Å². The molecule has 0 spiro atoms. The highest BCUT2D eigenvalue weighted by molar-refractivity contribution is 7.89. The quantitative estimate of drug-likeness (QED) is 0.750. The third kappa shape index (κ3) is 5.36. The van der Waals surface area contributed by atoms with Gasteiger partial charge in [0, 0.05) is 45.2 Å². The van der Waals surface area contributed by atoms with Crippen LogP contribution in [0.25, 0.3) is 0 Å². The number of amides is 1. The van der Waals surface area contributed by atoms with Crippen molar-refractivity contribution in [2.75, 3.05) is 52.5 Å². The molecule has 8 heteroatoms. The van der Waals surface area contributed by atoms with Crippen molar-refractivity contribution in [1.82, 2.24) is 14.5 Å². The molecule has 0 aromatic heterocycles. The third-order valence-corrected chi connectivity index (χ3v) is 8.06. The van der Waals surface area contributed by atoms with Crippen molar-refractivity contribution in [2.24, 2.45) is 5.92 Å². The van der Waals surface area contributed by atoms with E-state index in [1.807, 2.05) is 32.9 Å². The van der Waals surface area contributed by atoms with Gasteiger partial charge in [-0.2, -0.15) is 4.31 Å². The molecule has 2 aliphatic heterocycles. The van der Waals surface area contributed by atoms with Crippen molar-refractivity contribution in [3.05, 3.63) is 28.8 Å². The Labute approximate surface area is 174 Å². The van der Waals surface area contributed by atoms with Crippen molar-refractivity contribution in [3.8, 4) is 0 Å². The molecule has 1 N–H and O–H groups in total. The molecule has 0 atom stereocenters. The second kappa shape index (κ2) is 9.55. The van der Waals surface area contributed by atoms with E-state index in [0.717, 1.165) is 49.5 Å². The fraction of sp³-hybridized carbons (Fsp3) is 0.667. The van der Waals surface area contributed by atoms with E-state index < -0.39 is 10.0 Å². The van der Waals surface area contributed by atoms with Gasteiger partial charge in [-0.25, -0.2) is 8.42 Å². The number of nitrogens with one attached hydrogen (secondary N) is 1.